The van der Waals surface area contributed by atoms with E-state index in [1.165, 1.54) is 30.5 Å². The quantitative estimate of drug-likeness (QED) is 0.764. The zero-order chi connectivity index (χ0) is 9.80. The van der Waals surface area contributed by atoms with Crippen LogP contribution in [-0.4, -0.2) is 6.54 Å². The number of aryl methyl sites for hydroxylation is 1. The third-order valence-corrected chi connectivity index (χ3v) is 3.18. The first-order valence-corrected chi connectivity index (χ1v) is 5.71. The molecule has 0 saturated heterocycles. The Kier molecular flexibility index (Phi) is 3.07. The summed E-state index contributed by atoms with van der Waals surface area (Å²) in [4.78, 5) is 0. The first-order chi connectivity index (χ1) is 6.88. The minimum absolute atomic E-state index is 0.931. The van der Waals surface area contributed by atoms with Crippen molar-refractivity contribution < 1.29 is 0 Å². The maximum atomic E-state index is 3.50. The van der Waals surface area contributed by atoms with Crippen LogP contribution >= 0.6 is 0 Å². The topological polar surface area (TPSA) is 12.0 Å². The van der Waals surface area contributed by atoms with Crippen LogP contribution in [0.3, 0.4) is 0 Å². The van der Waals surface area contributed by atoms with E-state index in [0.717, 1.165) is 18.9 Å². The second kappa shape index (κ2) is 4.50. The van der Waals surface area contributed by atoms with Crippen molar-refractivity contribution in [3.63, 3.8) is 0 Å². The Bertz CT molecular complexity index is 272. The van der Waals surface area contributed by atoms with Crippen LogP contribution in [0.5, 0.6) is 0 Å². The van der Waals surface area contributed by atoms with Gasteiger partial charge in [-0.1, -0.05) is 25.5 Å². The van der Waals surface area contributed by atoms with Crippen LogP contribution < -0.4 is 5.32 Å². The Labute approximate surface area is 86.5 Å². The second-order valence-corrected chi connectivity index (χ2v) is 4.23. The summed E-state index contributed by atoms with van der Waals surface area (Å²) in [5, 5.41) is 3.50. The van der Waals surface area contributed by atoms with Crippen LogP contribution in [-0.2, 0) is 6.42 Å². The Balaban J connectivity index is 1.83. The van der Waals surface area contributed by atoms with Gasteiger partial charge in [0.05, 0.1) is 0 Å². The molecule has 0 unspecified atom stereocenters. The van der Waals surface area contributed by atoms with Gasteiger partial charge in [-0.05, 0) is 42.9 Å². The lowest BCUT2D eigenvalue weighted by Gasteiger charge is -2.25. The van der Waals surface area contributed by atoms with Gasteiger partial charge >= 0.3 is 0 Å². The molecule has 0 heterocycles. The molecule has 1 aliphatic carbocycles. The summed E-state index contributed by atoms with van der Waals surface area (Å²) >= 11 is 0. The summed E-state index contributed by atoms with van der Waals surface area (Å²) in [6.07, 6.45) is 5.39. The molecule has 1 heteroatoms. The van der Waals surface area contributed by atoms with Gasteiger partial charge in [-0.15, -0.1) is 0 Å². The van der Waals surface area contributed by atoms with E-state index in [1.54, 1.807) is 0 Å². The van der Waals surface area contributed by atoms with Crippen LogP contribution in [0.15, 0.2) is 24.3 Å². The van der Waals surface area contributed by atoms with Crippen molar-refractivity contribution in [2.75, 3.05) is 11.9 Å². The Morgan fingerprint density at radius 1 is 1.21 bits per heavy atom. The molecular weight excluding hydrogens is 170 g/mol. The lowest BCUT2D eigenvalue weighted by Crippen LogP contribution is -2.20. The smallest absolute Gasteiger partial charge is 0.0340 e. The summed E-state index contributed by atoms with van der Waals surface area (Å²) in [6, 6.07) is 8.81. The molecule has 1 aliphatic rings. The zero-order valence-corrected chi connectivity index (χ0v) is 8.92. The van der Waals surface area contributed by atoms with Crippen molar-refractivity contribution in [2.24, 2.45) is 5.92 Å². The largest absolute Gasteiger partial charge is 0.385 e. The molecule has 0 amide bonds. The van der Waals surface area contributed by atoms with Crippen molar-refractivity contribution in [3.05, 3.63) is 29.8 Å². The lowest BCUT2D eigenvalue weighted by atomic mass is 9.85. The number of rotatable bonds is 4. The molecular formula is C13H19N. The average Bonchev–Trinajstić information content (AvgIpc) is 2.16. The van der Waals surface area contributed by atoms with Gasteiger partial charge in [-0.3, -0.25) is 0 Å². The standard InChI is InChI=1S/C13H19N/c1-2-11-6-8-13(9-7-11)14-10-12-4-3-5-12/h6-9,12,14H,2-5,10H2,1H3. The van der Waals surface area contributed by atoms with E-state index >= 15 is 0 Å². The van der Waals surface area contributed by atoms with Crippen LogP contribution in [0, 0.1) is 5.92 Å². The first kappa shape index (κ1) is 9.57. The predicted octanol–water partition coefficient (Wildman–Crippen LogP) is 3.46. The highest BCUT2D eigenvalue weighted by Crippen LogP contribution is 2.26. The van der Waals surface area contributed by atoms with E-state index in [9.17, 15) is 0 Å². The number of anilines is 1. The number of hydrogen-bond donors (Lipinski definition) is 1. The first-order valence-electron chi connectivity index (χ1n) is 5.71. The van der Waals surface area contributed by atoms with Gasteiger partial charge in [0, 0.05) is 12.2 Å². The van der Waals surface area contributed by atoms with Crippen molar-refractivity contribution in [1.82, 2.24) is 0 Å². The summed E-state index contributed by atoms with van der Waals surface area (Å²) < 4.78 is 0. The molecule has 0 atom stereocenters. The predicted molar refractivity (Wildman–Crippen MR) is 61.7 cm³/mol. The normalized spacial score (nSPS) is 16.4. The van der Waals surface area contributed by atoms with Gasteiger partial charge < -0.3 is 5.32 Å². The second-order valence-electron chi connectivity index (χ2n) is 4.23. The van der Waals surface area contributed by atoms with Crippen LogP contribution in [0.25, 0.3) is 0 Å². The van der Waals surface area contributed by atoms with Crippen LogP contribution in [0.4, 0.5) is 5.69 Å². The summed E-state index contributed by atoms with van der Waals surface area (Å²) in [6.45, 7) is 3.35. The van der Waals surface area contributed by atoms with Gasteiger partial charge in [0.2, 0.25) is 0 Å². The van der Waals surface area contributed by atoms with Gasteiger partial charge in [0.25, 0.3) is 0 Å². The Morgan fingerprint density at radius 2 is 1.93 bits per heavy atom. The average molecular weight is 189 g/mol. The maximum Gasteiger partial charge on any atom is 0.0340 e. The molecule has 1 fully saturated rings. The molecule has 1 nitrogen and oxygen atoms in total. The van der Waals surface area contributed by atoms with Crippen molar-refractivity contribution in [1.29, 1.82) is 0 Å². The SMILES string of the molecule is CCc1ccc(NCC2CCC2)cc1. The number of hydrogen-bond acceptors (Lipinski definition) is 1. The summed E-state index contributed by atoms with van der Waals surface area (Å²) in [5.41, 5.74) is 2.69. The molecule has 1 N–H and O–H groups in total. The zero-order valence-electron chi connectivity index (χ0n) is 8.92. The van der Waals surface area contributed by atoms with Gasteiger partial charge in [0.1, 0.15) is 0 Å². The van der Waals surface area contributed by atoms with Gasteiger partial charge in [-0.25, -0.2) is 0 Å². The molecule has 0 radical (unpaired) electrons. The highest BCUT2D eigenvalue weighted by atomic mass is 14.9. The van der Waals surface area contributed by atoms with E-state index in [2.05, 4.69) is 36.5 Å². The molecule has 0 aromatic heterocycles. The highest BCUT2D eigenvalue weighted by Gasteiger charge is 2.16. The highest BCUT2D eigenvalue weighted by molar-refractivity contribution is 5.44. The minimum Gasteiger partial charge on any atom is -0.385 e. The number of benzene rings is 1. The minimum atomic E-state index is 0.931. The third kappa shape index (κ3) is 2.28. The molecule has 2 rings (SSSR count). The van der Waals surface area contributed by atoms with E-state index in [-0.39, 0.29) is 0 Å². The van der Waals surface area contributed by atoms with E-state index in [1.807, 2.05) is 0 Å². The molecule has 0 bridgehead atoms. The van der Waals surface area contributed by atoms with E-state index in [4.69, 9.17) is 0 Å². The third-order valence-electron chi connectivity index (χ3n) is 3.18. The molecule has 76 valence electrons. The van der Waals surface area contributed by atoms with E-state index in [0.29, 0.717) is 0 Å². The Morgan fingerprint density at radius 3 is 2.43 bits per heavy atom. The lowest BCUT2D eigenvalue weighted by molar-refractivity contribution is 0.333. The fourth-order valence-electron chi connectivity index (χ4n) is 1.82. The molecule has 1 aromatic rings. The van der Waals surface area contributed by atoms with E-state index < -0.39 is 0 Å². The fraction of sp³-hybridized carbons (Fsp3) is 0.538. The Hall–Kier alpha value is -0.980. The van der Waals surface area contributed by atoms with Crippen molar-refractivity contribution in [3.8, 4) is 0 Å². The van der Waals surface area contributed by atoms with Crippen molar-refractivity contribution in [2.45, 2.75) is 32.6 Å². The molecule has 1 aromatic carbocycles. The molecule has 1 saturated carbocycles. The van der Waals surface area contributed by atoms with Crippen LogP contribution in [0.2, 0.25) is 0 Å². The summed E-state index contributed by atoms with van der Waals surface area (Å²) in [7, 11) is 0. The monoisotopic (exact) mass is 189 g/mol. The summed E-state index contributed by atoms with van der Waals surface area (Å²) in [5.74, 6) is 0.931. The molecule has 0 spiro atoms. The van der Waals surface area contributed by atoms with Gasteiger partial charge in [0.15, 0.2) is 0 Å². The molecule has 0 aliphatic heterocycles. The maximum absolute atomic E-state index is 3.50. The van der Waals surface area contributed by atoms with Crippen molar-refractivity contribution >= 4 is 5.69 Å². The van der Waals surface area contributed by atoms with Gasteiger partial charge in [-0.2, -0.15) is 0 Å². The number of nitrogens with one attached hydrogen (secondary N) is 1. The van der Waals surface area contributed by atoms with Crippen LogP contribution in [0.1, 0.15) is 31.7 Å². The molecule has 14 heavy (non-hydrogen) atoms. The fourth-order valence-corrected chi connectivity index (χ4v) is 1.82.